The molecule has 1 aromatic heterocycles. The van der Waals surface area contributed by atoms with Crippen molar-refractivity contribution in [2.45, 2.75) is 57.7 Å². The van der Waals surface area contributed by atoms with Crippen LogP contribution in [0.2, 0.25) is 0 Å². The zero-order valence-electron chi connectivity index (χ0n) is 14.2. The molecule has 1 saturated heterocycles. The molecule has 2 aliphatic heterocycles. The zero-order valence-corrected chi connectivity index (χ0v) is 14.2. The number of aromatic nitrogens is 1. The number of ether oxygens (including phenoxy) is 2. The predicted molar refractivity (Wildman–Crippen MR) is 88.3 cm³/mol. The summed E-state index contributed by atoms with van der Waals surface area (Å²) in [5.74, 6) is 0.616. The Hall–Kier alpha value is -2.04. The monoisotopic (exact) mass is 316 g/mol. The molecule has 0 saturated carbocycles. The highest BCUT2D eigenvalue weighted by Crippen LogP contribution is 2.39. The number of amides is 1. The van der Waals surface area contributed by atoms with E-state index in [-0.39, 0.29) is 18.2 Å². The van der Waals surface area contributed by atoms with Crippen molar-refractivity contribution < 1.29 is 14.3 Å². The van der Waals surface area contributed by atoms with E-state index in [4.69, 9.17) is 9.47 Å². The van der Waals surface area contributed by atoms with Gasteiger partial charge < -0.3 is 9.47 Å². The molecule has 2 aliphatic rings. The smallest absolute Gasteiger partial charge is 0.411 e. The molecule has 0 N–H and O–H groups in total. The van der Waals surface area contributed by atoms with Gasteiger partial charge in [0, 0.05) is 12.1 Å². The van der Waals surface area contributed by atoms with Gasteiger partial charge in [0.15, 0.2) is 0 Å². The lowest BCUT2D eigenvalue weighted by molar-refractivity contribution is 0.0175. The molecule has 2 unspecified atom stereocenters. The van der Waals surface area contributed by atoms with Crippen molar-refractivity contribution in [1.29, 1.82) is 0 Å². The van der Waals surface area contributed by atoms with E-state index in [1.165, 1.54) is 5.57 Å². The maximum absolute atomic E-state index is 12.5. The highest BCUT2D eigenvalue weighted by molar-refractivity contribution is 5.74. The molecule has 0 radical (unpaired) electrons. The first-order valence-corrected chi connectivity index (χ1v) is 8.11. The fourth-order valence-corrected chi connectivity index (χ4v) is 3.33. The summed E-state index contributed by atoms with van der Waals surface area (Å²) in [5, 5.41) is 0. The lowest BCUT2D eigenvalue weighted by Gasteiger charge is -2.35. The summed E-state index contributed by atoms with van der Waals surface area (Å²) in [6.07, 6.45) is 4.76. The molecular formula is C18H24N2O3. The molecule has 23 heavy (non-hydrogen) atoms. The predicted octanol–water partition coefficient (Wildman–Crippen LogP) is 3.65. The Morgan fingerprint density at radius 2 is 2.09 bits per heavy atom. The number of carbonyl (C=O) groups excluding carboxylic acids is 1. The Labute approximate surface area is 137 Å². The second-order valence-corrected chi connectivity index (χ2v) is 7.15. The number of methoxy groups -OCH3 is 1. The van der Waals surface area contributed by atoms with E-state index < -0.39 is 5.60 Å². The van der Waals surface area contributed by atoms with Crippen LogP contribution in [0.5, 0.6) is 5.88 Å². The summed E-state index contributed by atoms with van der Waals surface area (Å²) < 4.78 is 10.8. The minimum Gasteiger partial charge on any atom is -0.481 e. The molecule has 124 valence electrons. The summed E-state index contributed by atoms with van der Waals surface area (Å²) >= 11 is 0. The number of hydrogen-bond acceptors (Lipinski definition) is 4. The van der Waals surface area contributed by atoms with Crippen molar-refractivity contribution in [3.63, 3.8) is 0 Å². The number of fused-ring (bicyclic) bond motifs is 2. The normalized spacial score (nSPS) is 23.5. The standard InChI is InChI=1S/C18H24N2O3/c1-18(2,3)23-17(21)20-13-8-9-14(20)11-12(10-13)15-6-5-7-16(19-15)22-4/h5-7,10,13-14H,8-9,11H2,1-4H3. The summed E-state index contributed by atoms with van der Waals surface area (Å²) in [4.78, 5) is 18.9. The van der Waals surface area contributed by atoms with Crippen LogP contribution in [0.3, 0.4) is 0 Å². The Bertz CT molecular complexity index is 633. The van der Waals surface area contributed by atoms with Crippen molar-refractivity contribution >= 4 is 11.7 Å². The van der Waals surface area contributed by atoms with E-state index in [0.29, 0.717) is 5.88 Å². The second kappa shape index (κ2) is 5.87. The number of rotatable bonds is 2. The quantitative estimate of drug-likeness (QED) is 0.836. The Balaban J connectivity index is 1.81. The van der Waals surface area contributed by atoms with Gasteiger partial charge in [-0.1, -0.05) is 12.1 Å². The molecule has 1 amide bonds. The van der Waals surface area contributed by atoms with Gasteiger partial charge >= 0.3 is 6.09 Å². The third-order valence-corrected chi connectivity index (χ3v) is 4.26. The van der Waals surface area contributed by atoms with Crippen molar-refractivity contribution in [1.82, 2.24) is 9.88 Å². The molecule has 1 aromatic rings. The number of hydrogen-bond donors (Lipinski definition) is 0. The minimum absolute atomic E-state index is 0.103. The van der Waals surface area contributed by atoms with Crippen LogP contribution >= 0.6 is 0 Å². The number of pyridine rings is 1. The van der Waals surface area contributed by atoms with Crippen LogP contribution in [0.25, 0.3) is 5.57 Å². The van der Waals surface area contributed by atoms with Gasteiger partial charge in [-0.3, -0.25) is 4.90 Å². The summed E-state index contributed by atoms with van der Waals surface area (Å²) in [6.45, 7) is 5.70. The molecule has 3 heterocycles. The summed E-state index contributed by atoms with van der Waals surface area (Å²) in [7, 11) is 1.62. The second-order valence-electron chi connectivity index (χ2n) is 7.15. The van der Waals surface area contributed by atoms with Crippen LogP contribution in [-0.2, 0) is 4.74 Å². The van der Waals surface area contributed by atoms with Gasteiger partial charge in [0.2, 0.25) is 5.88 Å². The van der Waals surface area contributed by atoms with E-state index in [1.54, 1.807) is 7.11 Å². The van der Waals surface area contributed by atoms with Gasteiger partial charge in [-0.05, 0) is 51.7 Å². The minimum atomic E-state index is -0.463. The number of nitrogens with zero attached hydrogens (tertiary/aromatic N) is 2. The third kappa shape index (κ3) is 3.33. The lowest BCUT2D eigenvalue weighted by Crippen LogP contribution is -2.45. The highest BCUT2D eigenvalue weighted by atomic mass is 16.6. The van der Waals surface area contributed by atoms with E-state index in [9.17, 15) is 4.79 Å². The van der Waals surface area contributed by atoms with Crippen LogP contribution in [0, 0.1) is 0 Å². The average Bonchev–Trinajstić information content (AvgIpc) is 2.76. The molecule has 0 aromatic carbocycles. The first kappa shape index (κ1) is 15.8. The van der Waals surface area contributed by atoms with Crippen molar-refractivity contribution in [3.8, 4) is 5.88 Å². The fraction of sp³-hybridized carbons (Fsp3) is 0.556. The van der Waals surface area contributed by atoms with Crippen LogP contribution in [-0.4, -0.2) is 40.8 Å². The first-order chi connectivity index (χ1) is 10.9. The van der Waals surface area contributed by atoms with Gasteiger partial charge in [-0.2, -0.15) is 0 Å². The molecule has 5 nitrogen and oxygen atoms in total. The van der Waals surface area contributed by atoms with Gasteiger partial charge in [-0.25, -0.2) is 9.78 Å². The Kier molecular flexibility index (Phi) is 4.04. The van der Waals surface area contributed by atoms with Crippen LogP contribution in [0.1, 0.15) is 45.7 Å². The average molecular weight is 316 g/mol. The molecule has 5 heteroatoms. The largest absolute Gasteiger partial charge is 0.481 e. The van der Waals surface area contributed by atoms with Crippen LogP contribution in [0.15, 0.2) is 24.3 Å². The Morgan fingerprint density at radius 1 is 1.30 bits per heavy atom. The van der Waals surface area contributed by atoms with Crippen LogP contribution in [0.4, 0.5) is 4.79 Å². The van der Waals surface area contributed by atoms with Gasteiger partial charge in [0.1, 0.15) is 5.60 Å². The Morgan fingerprint density at radius 3 is 2.74 bits per heavy atom. The van der Waals surface area contributed by atoms with E-state index in [0.717, 1.165) is 25.0 Å². The zero-order chi connectivity index (χ0) is 16.6. The van der Waals surface area contributed by atoms with Crippen molar-refractivity contribution in [3.05, 3.63) is 30.0 Å². The SMILES string of the molecule is COc1cccc(C2=CC3CCC(C2)N3C(=O)OC(C)(C)C)n1. The third-order valence-electron chi connectivity index (χ3n) is 4.26. The van der Waals surface area contributed by atoms with E-state index in [1.807, 2.05) is 43.9 Å². The van der Waals surface area contributed by atoms with E-state index in [2.05, 4.69) is 11.1 Å². The van der Waals surface area contributed by atoms with Gasteiger partial charge in [-0.15, -0.1) is 0 Å². The number of carbonyl (C=O) groups is 1. The summed E-state index contributed by atoms with van der Waals surface area (Å²) in [5.41, 5.74) is 1.66. The molecule has 2 bridgehead atoms. The first-order valence-electron chi connectivity index (χ1n) is 8.11. The molecular weight excluding hydrogens is 292 g/mol. The maximum atomic E-state index is 12.5. The van der Waals surface area contributed by atoms with Crippen molar-refractivity contribution in [2.75, 3.05) is 7.11 Å². The maximum Gasteiger partial charge on any atom is 0.411 e. The van der Waals surface area contributed by atoms with Crippen molar-refractivity contribution in [2.24, 2.45) is 0 Å². The summed E-state index contributed by atoms with van der Waals surface area (Å²) in [6, 6.07) is 6.09. The fourth-order valence-electron chi connectivity index (χ4n) is 3.33. The highest BCUT2D eigenvalue weighted by Gasteiger charge is 2.41. The molecule has 1 fully saturated rings. The van der Waals surface area contributed by atoms with Gasteiger partial charge in [0.25, 0.3) is 0 Å². The topological polar surface area (TPSA) is 51.7 Å². The van der Waals surface area contributed by atoms with Gasteiger partial charge in [0.05, 0.1) is 18.8 Å². The molecule has 3 rings (SSSR count). The molecule has 0 spiro atoms. The molecule has 2 atom stereocenters. The lowest BCUT2D eigenvalue weighted by atomic mass is 9.98. The van der Waals surface area contributed by atoms with E-state index >= 15 is 0 Å². The molecule has 0 aliphatic carbocycles. The van der Waals surface area contributed by atoms with Crippen LogP contribution < -0.4 is 4.74 Å².